The van der Waals surface area contributed by atoms with Gasteiger partial charge >= 0.3 is 0 Å². The molecule has 156 valence electrons. The lowest BCUT2D eigenvalue weighted by atomic mass is 10.2. The summed E-state index contributed by atoms with van der Waals surface area (Å²) >= 11 is 11.6. The van der Waals surface area contributed by atoms with Gasteiger partial charge in [-0.15, -0.1) is 0 Å². The second kappa shape index (κ2) is 8.33. The average molecular weight is 459 g/mol. The molecule has 2 N–H and O–H groups in total. The Morgan fingerprint density at radius 2 is 1.90 bits per heavy atom. The molecule has 2 heterocycles. The molecular weight excluding hydrogens is 446 g/mol. The number of anilines is 1. The van der Waals surface area contributed by atoms with E-state index in [4.69, 9.17) is 23.2 Å². The van der Waals surface area contributed by atoms with Gasteiger partial charge < -0.3 is 10.4 Å². The van der Waals surface area contributed by atoms with Crippen molar-refractivity contribution in [2.45, 2.75) is 6.54 Å². The largest absolute Gasteiger partial charge is 0.504 e. The second-order valence-corrected chi connectivity index (χ2v) is 7.35. The quantitative estimate of drug-likeness (QED) is 0.445. The second-order valence-electron chi connectivity index (χ2n) is 6.59. The van der Waals surface area contributed by atoms with E-state index in [0.717, 1.165) is 6.07 Å². The van der Waals surface area contributed by atoms with Crippen molar-refractivity contribution in [2.75, 3.05) is 5.32 Å². The number of amides is 1. The van der Waals surface area contributed by atoms with E-state index in [1.165, 1.54) is 23.0 Å². The molecule has 0 radical (unpaired) electrons. The van der Waals surface area contributed by atoms with Crippen molar-refractivity contribution in [3.8, 4) is 5.75 Å². The Labute approximate surface area is 184 Å². The van der Waals surface area contributed by atoms with Crippen LogP contribution in [0, 0.1) is 5.82 Å². The van der Waals surface area contributed by atoms with E-state index >= 15 is 0 Å². The number of hydrogen-bond acceptors (Lipinski definition) is 5. The summed E-state index contributed by atoms with van der Waals surface area (Å²) in [6.45, 7) is 0.176. The van der Waals surface area contributed by atoms with Crippen molar-refractivity contribution in [1.82, 2.24) is 14.5 Å². The topological polar surface area (TPSA) is 97.1 Å². The number of carbonyl (C=O) groups excluding carboxylic acids is 1. The zero-order chi connectivity index (χ0) is 22.1. The van der Waals surface area contributed by atoms with Crippen molar-refractivity contribution in [3.63, 3.8) is 0 Å². The number of aromatic hydroxyl groups is 1. The number of aromatic nitrogens is 3. The predicted molar refractivity (Wildman–Crippen MR) is 115 cm³/mol. The zero-order valence-electron chi connectivity index (χ0n) is 15.6. The maximum absolute atomic E-state index is 13.1. The van der Waals surface area contributed by atoms with E-state index in [2.05, 4.69) is 15.3 Å². The van der Waals surface area contributed by atoms with Gasteiger partial charge in [0.25, 0.3) is 11.5 Å². The molecule has 0 aliphatic carbocycles. The van der Waals surface area contributed by atoms with Gasteiger partial charge in [-0.05, 0) is 35.9 Å². The summed E-state index contributed by atoms with van der Waals surface area (Å²) in [5.41, 5.74) is 0.785. The molecule has 4 rings (SSSR count). The van der Waals surface area contributed by atoms with E-state index < -0.39 is 11.7 Å². The SMILES string of the molecule is O=C(Nc1cccc2ncn(Cc3ccc(F)cc3)c(=O)c12)c1cc(Cl)c(O)c(Cl)n1. The molecule has 0 fully saturated rings. The number of nitrogens with zero attached hydrogens (tertiary/aromatic N) is 3. The van der Waals surface area contributed by atoms with E-state index in [9.17, 15) is 19.1 Å². The number of benzene rings is 2. The van der Waals surface area contributed by atoms with Crippen LogP contribution in [-0.4, -0.2) is 25.5 Å². The molecule has 1 amide bonds. The summed E-state index contributed by atoms with van der Waals surface area (Å²) in [5.74, 6) is -1.48. The minimum atomic E-state index is -0.676. The van der Waals surface area contributed by atoms with Gasteiger partial charge in [0, 0.05) is 0 Å². The third-order valence-electron chi connectivity index (χ3n) is 4.50. The molecule has 0 spiro atoms. The fraction of sp³-hybridized carbons (Fsp3) is 0.0476. The zero-order valence-corrected chi connectivity index (χ0v) is 17.2. The highest BCUT2D eigenvalue weighted by Crippen LogP contribution is 2.30. The predicted octanol–water partition coefficient (Wildman–Crippen LogP) is 4.24. The highest BCUT2D eigenvalue weighted by atomic mass is 35.5. The maximum atomic E-state index is 13.1. The van der Waals surface area contributed by atoms with Crippen LogP contribution in [0.1, 0.15) is 16.1 Å². The van der Waals surface area contributed by atoms with Gasteiger partial charge in [0.1, 0.15) is 11.5 Å². The van der Waals surface area contributed by atoms with Gasteiger partial charge in [0.2, 0.25) is 0 Å². The van der Waals surface area contributed by atoms with Gasteiger partial charge in [0.05, 0.1) is 34.5 Å². The average Bonchev–Trinajstić information content (AvgIpc) is 2.75. The van der Waals surface area contributed by atoms with Crippen LogP contribution in [0.2, 0.25) is 10.2 Å². The van der Waals surface area contributed by atoms with Crippen molar-refractivity contribution >= 4 is 45.7 Å². The number of hydrogen-bond donors (Lipinski definition) is 2. The molecule has 4 aromatic rings. The Balaban J connectivity index is 1.72. The van der Waals surface area contributed by atoms with Crippen molar-refractivity contribution < 1.29 is 14.3 Å². The maximum Gasteiger partial charge on any atom is 0.274 e. The van der Waals surface area contributed by atoms with Crippen molar-refractivity contribution in [2.24, 2.45) is 0 Å². The normalized spacial score (nSPS) is 10.9. The molecule has 31 heavy (non-hydrogen) atoms. The van der Waals surface area contributed by atoms with E-state index in [1.54, 1.807) is 30.3 Å². The molecule has 0 saturated heterocycles. The summed E-state index contributed by atoms with van der Waals surface area (Å²) in [7, 11) is 0. The molecular formula is C21H13Cl2FN4O3. The smallest absolute Gasteiger partial charge is 0.274 e. The molecule has 2 aromatic heterocycles. The molecule has 2 aromatic carbocycles. The molecule has 0 aliphatic rings. The Hall–Kier alpha value is -3.49. The minimum Gasteiger partial charge on any atom is -0.504 e. The fourth-order valence-corrected chi connectivity index (χ4v) is 3.42. The molecule has 10 heteroatoms. The van der Waals surface area contributed by atoms with Crippen LogP contribution >= 0.6 is 23.2 Å². The van der Waals surface area contributed by atoms with Crippen LogP contribution in [0.3, 0.4) is 0 Å². The van der Waals surface area contributed by atoms with Crippen LogP contribution in [0.5, 0.6) is 5.75 Å². The van der Waals surface area contributed by atoms with Crippen LogP contribution in [0.15, 0.2) is 59.7 Å². The molecule has 0 bridgehead atoms. The third kappa shape index (κ3) is 4.21. The third-order valence-corrected chi connectivity index (χ3v) is 5.06. The first kappa shape index (κ1) is 20.8. The van der Waals surface area contributed by atoms with E-state index in [-0.39, 0.29) is 44.9 Å². The van der Waals surface area contributed by atoms with Crippen LogP contribution in [0.25, 0.3) is 10.9 Å². The van der Waals surface area contributed by atoms with Gasteiger partial charge in [-0.25, -0.2) is 14.4 Å². The minimum absolute atomic E-state index is 0.133. The summed E-state index contributed by atoms with van der Waals surface area (Å²) in [6.07, 6.45) is 1.39. The van der Waals surface area contributed by atoms with Crippen LogP contribution in [0.4, 0.5) is 10.1 Å². The highest BCUT2D eigenvalue weighted by molar-refractivity contribution is 6.36. The van der Waals surface area contributed by atoms with Crippen molar-refractivity contribution in [3.05, 3.63) is 92.5 Å². The number of halogens is 3. The van der Waals surface area contributed by atoms with Gasteiger partial charge in [0.15, 0.2) is 10.9 Å². The first-order valence-corrected chi connectivity index (χ1v) is 9.68. The van der Waals surface area contributed by atoms with Gasteiger partial charge in [-0.3, -0.25) is 14.2 Å². The fourth-order valence-electron chi connectivity index (χ4n) is 2.98. The van der Waals surface area contributed by atoms with Crippen LogP contribution < -0.4 is 10.9 Å². The van der Waals surface area contributed by atoms with Gasteiger partial charge in [-0.1, -0.05) is 41.4 Å². The standard InChI is InChI=1S/C21H13Cl2FN4O3/c22-13-8-16(26-19(23)18(13)29)20(30)27-15-3-1-2-14-17(15)21(31)28(10-25-14)9-11-4-6-12(24)7-5-11/h1-8,10,29H,9H2,(H,27,30). The molecule has 0 aliphatic heterocycles. The summed E-state index contributed by atoms with van der Waals surface area (Å²) in [4.78, 5) is 33.8. The van der Waals surface area contributed by atoms with Crippen molar-refractivity contribution in [1.29, 1.82) is 0 Å². The first-order valence-electron chi connectivity index (χ1n) is 8.92. The molecule has 0 atom stereocenters. The molecule has 0 saturated carbocycles. The Bertz CT molecular complexity index is 1350. The monoisotopic (exact) mass is 458 g/mol. The number of nitrogens with one attached hydrogen (secondary N) is 1. The first-order chi connectivity index (χ1) is 14.8. The lowest BCUT2D eigenvalue weighted by Crippen LogP contribution is -2.23. The Morgan fingerprint density at radius 1 is 1.16 bits per heavy atom. The van der Waals surface area contributed by atoms with E-state index in [0.29, 0.717) is 11.1 Å². The molecule has 7 nitrogen and oxygen atoms in total. The number of fused-ring (bicyclic) bond motifs is 1. The Morgan fingerprint density at radius 3 is 2.61 bits per heavy atom. The lowest BCUT2D eigenvalue weighted by molar-refractivity contribution is 0.102. The number of carbonyl (C=O) groups is 1. The summed E-state index contributed by atoms with van der Waals surface area (Å²) in [5, 5.41) is 12.0. The lowest BCUT2D eigenvalue weighted by Gasteiger charge is -2.11. The van der Waals surface area contributed by atoms with Gasteiger partial charge in [-0.2, -0.15) is 0 Å². The number of rotatable bonds is 4. The van der Waals surface area contributed by atoms with E-state index in [1.807, 2.05) is 0 Å². The van der Waals surface area contributed by atoms with Crippen LogP contribution in [-0.2, 0) is 6.54 Å². The summed E-state index contributed by atoms with van der Waals surface area (Å²) in [6, 6.07) is 11.7. The summed E-state index contributed by atoms with van der Waals surface area (Å²) < 4.78 is 14.5. The Kier molecular flexibility index (Phi) is 5.58. The highest BCUT2D eigenvalue weighted by Gasteiger charge is 2.17. The molecule has 0 unspecified atom stereocenters. The number of pyridine rings is 1.